The number of benzene rings is 1. The first-order valence-electron chi connectivity index (χ1n) is 6.51. The maximum Gasteiger partial charge on any atom is 0.149 e. The minimum atomic E-state index is 0.442. The summed E-state index contributed by atoms with van der Waals surface area (Å²) < 4.78 is 16.3. The van der Waals surface area contributed by atoms with Crippen molar-refractivity contribution in [1.29, 1.82) is 0 Å². The number of nitrogens with one attached hydrogen (secondary N) is 1. The van der Waals surface area contributed by atoms with E-state index in [2.05, 4.69) is 5.43 Å². The summed E-state index contributed by atoms with van der Waals surface area (Å²) in [5.74, 6) is 6.83. The molecule has 3 N–H and O–H groups in total. The number of hydrogen-bond acceptors (Lipinski definition) is 6. The van der Waals surface area contributed by atoms with E-state index in [4.69, 9.17) is 36.6 Å². The molecule has 0 fully saturated rings. The van der Waals surface area contributed by atoms with E-state index < -0.39 is 0 Å². The zero-order valence-electron chi connectivity index (χ0n) is 11.8. The first-order chi connectivity index (χ1) is 10.2. The standard InChI is InChI=1S/C14H16ClN3O3/c1-19-10-5-8(15)14(20-2)11-12(18-16)7-6-21-4-3-9(7)17-13(10)11/h5H,3-4,6,16H2,1-2H3,(H,17,18). The molecule has 112 valence electrons. The number of ether oxygens (including phenoxy) is 3. The number of pyridine rings is 1. The molecule has 0 atom stereocenters. The third kappa shape index (κ3) is 2.16. The lowest BCUT2D eigenvalue weighted by molar-refractivity contribution is 0.110. The second kappa shape index (κ2) is 5.55. The van der Waals surface area contributed by atoms with E-state index in [1.807, 2.05) is 0 Å². The van der Waals surface area contributed by atoms with Crippen LogP contribution in [0.2, 0.25) is 5.02 Å². The van der Waals surface area contributed by atoms with Gasteiger partial charge in [0.15, 0.2) is 0 Å². The largest absolute Gasteiger partial charge is 0.494 e. The van der Waals surface area contributed by atoms with Gasteiger partial charge in [0.1, 0.15) is 17.0 Å². The maximum atomic E-state index is 6.27. The molecule has 1 aliphatic rings. The van der Waals surface area contributed by atoms with Crippen LogP contribution in [0.1, 0.15) is 11.3 Å². The zero-order chi connectivity index (χ0) is 15.0. The van der Waals surface area contributed by atoms with Crippen LogP contribution >= 0.6 is 11.6 Å². The lowest BCUT2D eigenvalue weighted by Crippen LogP contribution is -2.18. The molecule has 1 aliphatic heterocycles. The quantitative estimate of drug-likeness (QED) is 0.669. The average molecular weight is 310 g/mol. The van der Waals surface area contributed by atoms with Gasteiger partial charge in [-0.15, -0.1) is 0 Å². The number of fused-ring (bicyclic) bond motifs is 2. The van der Waals surface area contributed by atoms with Gasteiger partial charge in [-0.3, -0.25) is 5.84 Å². The second-order valence-corrected chi connectivity index (χ2v) is 5.08. The van der Waals surface area contributed by atoms with Gasteiger partial charge < -0.3 is 19.6 Å². The van der Waals surface area contributed by atoms with Gasteiger partial charge in [-0.1, -0.05) is 11.6 Å². The lowest BCUT2D eigenvalue weighted by atomic mass is 10.0. The summed E-state index contributed by atoms with van der Waals surface area (Å²) in [6.07, 6.45) is 0.730. The summed E-state index contributed by atoms with van der Waals surface area (Å²) in [5, 5.41) is 1.14. The molecule has 2 heterocycles. The molecule has 0 bridgehead atoms. The summed E-state index contributed by atoms with van der Waals surface area (Å²) >= 11 is 6.27. The van der Waals surface area contributed by atoms with Gasteiger partial charge in [-0.25, -0.2) is 4.98 Å². The minimum absolute atomic E-state index is 0.442. The fourth-order valence-electron chi connectivity index (χ4n) is 2.66. The van der Waals surface area contributed by atoms with Crippen LogP contribution in [0.3, 0.4) is 0 Å². The number of hydrogen-bond donors (Lipinski definition) is 2. The molecule has 0 unspecified atom stereocenters. The van der Waals surface area contributed by atoms with E-state index in [0.29, 0.717) is 46.3 Å². The number of aromatic nitrogens is 1. The predicted molar refractivity (Wildman–Crippen MR) is 81.0 cm³/mol. The first kappa shape index (κ1) is 14.2. The van der Waals surface area contributed by atoms with E-state index in [9.17, 15) is 0 Å². The van der Waals surface area contributed by atoms with Gasteiger partial charge in [0, 0.05) is 18.1 Å². The Morgan fingerprint density at radius 1 is 1.38 bits per heavy atom. The highest BCUT2D eigenvalue weighted by atomic mass is 35.5. The van der Waals surface area contributed by atoms with Crippen LogP contribution < -0.4 is 20.7 Å². The number of methoxy groups -OCH3 is 2. The van der Waals surface area contributed by atoms with Crippen molar-refractivity contribution in [2.24, 2.45) is 5.84 Å². The fourth-order valence-corrected chi connectivity index (χ4v) is 2.93. The third-order valence-corrected chi connectivity index (χ3v) is 3.90. The normalized spacial score (nSPS) is 13.9. The van der Waals surface area contributed by atoms with Gasteiger partial charge in [-0.2, -0.15) is 0 Å². The van der Waals surface area contributed by atoms with Crippen molar-refractivity contribution in [1.82, 2.24) is 4.98 Å². The molecule has 6 nitrogen and oxygen atoms in total. The molecule has 7 heteroatoms. The van der Waals surface area contributed by atoms with E-state index >= 15 is 0 Å². The number of anilines is 1. The molecular weight excluding hydrogens is 294 g/mol. The van der Waals surface area contributed by atoms with Crippen LogP contribution in [0.5, 0.6) is 11.5 Å². The Morgan fingerprint density at radius 3 is 2.86 bits per heavy atom. The number of hydrazine groups is 1. The van der Waals surface area contributed by atoms with Crippen LogP contribution in [0, 0.1) is 0 Å². The summed E-state index contributed by atoms with van der Waals surface area (Å²) in [4.78, 5) is 4.71. The molecule has 1 aromatic carbocycles. The SMILES string of the molecule is COc1cc(Cl)c(OC)c2c(NN)c3c(nc12)CCOC3. The number of nitrogen functional groups attached to an aromatic ring is 1. The Hall–Kier alpha value is -1.76. The summed E-state index contributed by atoms with van der Waals surface area (Å²) in [5.41, 5.74) is 6.00. The van der Waals surface area contributed by atoms with Crippen LogP contribution in [-0.2, 0) is 17.8 Å². The average Bonchev–Trinajstić information content (AvgIpc) is 2.52. The van der Waals surface area contributed by atoms with Gasteiger partial charge in [-0.05, 0) is 0 Å². The predicted octanol–water partition coefficient (Wildman–Crippen LogP) is 2.26. The van der Waals surface area contributed by atoms with Crippen molar-refractivity contribution in [3.8, 4) is 11.5 Å². The smallest absolute Gasteiger partial charge is 0.149 e. The van der Waals surface area contributed by atoms with Crippen molar-refractivity contribution < 1.29 is 14.2 Å². The highest BCUT2D eigenvalue weighted by Gasteiger charge is 2.24. The molecule has 0 saturated carbocycles. The molecule has 1 aromatic heterocycles. The first-order valence-corrected chi connectivity index (χ1v) is 6.89. The van der Waals surface area contributed by atoms with Gasteiger partial charge >= 0.3 is 0 Å². The molecule has 21 heavy (non-hydrogen) atoms. The van der Waals surface area contributed by atoms with Gasteiger partial charge in [0.2, 0.25) is 0 Å². The molecule has 0 spiro atoms. The molecule has 2 aromatic rings. The molecular formula is C14H16ClN3O3. The van der Waals surface area contributed by atoms with Crippen molar-refractivity contribution in [3.05, 3.63) is 22.3 Å². The molecule has 0 aliphatic carbocycles. The number of nitrogens with two attached hydrogens (primary N) is 1. The Morgan fingerprint density at radius 2 is 2.19 bits per heavy atom. The molecule has 0 saturated heterocycles. The topological polar surface area (TPSA) is 78.6 Å². The molecule has 0 radical (unpaired) electrons. The highest BCUT2D eigenvalue weighted by molar-refractivity contribution is 6.34. The molecule has 3 rings (SSSR count). The summed E-state index contributed by atoms with van der Waals surface area (Å²) in [6.45, 7) is 1.10. The minimum Gasteiger partial charge on any atom is -0.494 e. The van der Waals surface area contributed by atoms with Crippen molar-refractivity contribution in [3.63, 3.8) is 0 Å². The zero-order valence-corrected chi connectivity index (χ0v) is 12.6. The van der Waals surface area contributed by atoms with Crippen molar-refractivity contribution >= 4 is 28.2 Å². The number of halogens is 1. The van der Waals surface area contributed by atoms with Crippen molar-refractivity contribution in [2.75, 3.05) is 26.3 Å². The fraction of sp³-hybridized carbons (Fsp3) is 0.357. The Bertz CT molecular complexity index is 706. The van der Waals surface area contributed by atoms with E-state index in [1.165, 1.54) is 0 Å². The van der Waals surface area contributed by atoms with Crippen LogP contribution in [-0.4, -0.2) is 25.8 Å². The summed E-state index contributed by atoms with van der Waals surface area (Å²) in [7, 11) is 3.14. The number of rotatable bonds is 3. The van der Waals surface area contributed by atoms with E-state index in [-0.39, 0.29) is 0 Å². The van der Waals surface area contributed by atoms with Crippen molar-refractivity contribution in [2.45, 2.75) is 13.0 Å². The second-order valence-electron chi connectivity index (χ2n) is 4.68. The maximum absolute atomic E-state index is 6.27. The highest BCUT2D eigenvalue weighted by Crippen LogP contribution is 2.44. The monoisotopic (exact) mass is 309 g/mol. The van der Waals surface area contributed by atoms with Crippen LogP contribution in [0.15, 0.2) is 6.07 Å². The summed E-state index contributed by atoms with van der Waals surface area (Å²) in [6, 6.07) is 1.70. The Labute approximate surface area is 127 Å². The van der Waals surface area contributed by atoms with Crippen LogP contribution in [0.25, 0.3) is 10.9 Å². The third-order valence-electron chi connectivity index (χ3n) is 3.62. The molecule has 0 amide bonds. The number of nitrogens with zero attached hydrogens (tertiary/aromatic N) is 1. The van der Waals surface area contributed by atoms with Gasteiger partial charge in [0.25, 0.3) is 0 Å². The lowest BCUT2D eigenvalue weighted by Gasteiger charge is -2.22. The van der Waals surface area contributed by atoms with Gasteiger partial charge in [0.05, 0.1) is 49.2 Å². The van der Waals surface area contributed by atoms with Crippen LogP contribution in [0.4, 0.5) is 5.69 Å². The Kier molecular flexibility index (Phi) is 3.75. The van der Waals surface area contributed by atoms with E-state index in [0.717, 1.165) is 17.7 Å². The van der Waals surface area contributed by atoms with E-state index in [1.54, 1.807) is 20.3 Å². The Balaban J connectivity index is 2.46.